The smallest absolute Gasteiger partial charge is 0.106 e. The van der Waals surface area contributed by atoms with Gasteiger partial charge in [0.1, 0.15) is 5.52 Å². The topological polar surface area (TPSA) is 40.7 Å². The van der Waals surface area contributed by atoms with Crippen LogP contribution in [-0.2, 0) is 6.42 Å². The average Bonchev–Trinajstić information content (AvgIpc) is 2.60. The summed E-state index contributed by atoms with van der Waals surface area (Å²) in [7, 11) is 1.95. The summed E-state index contributed by atoms with van der Waals surface area (Å²) in [6.45, 7) is 0.962. The first-order chi connectivity index (χ1) is 6.83. The number of nitrogens with zero attached hydrogens (tertiary/aromatic N) is 1. The minimum Gasteiger partial charge on any atom is -0.319 e. The summed E-state index contributed by atoms with van der Waals surface area (Å²) in [5.74, 6) is 0. The van der Waals surface area contributed by atoms with E-state index in [1.165, 1.54) is 11.1 Å². The molecule has 0 aliphatic rings. The van der Waals surface area contributed by atoms with Crippen molar-refractivity contribution in [2.24, 2.45) is 0 Å². The maximum Gasteiger partial charge on any atom is 0.106 e. The molecule has 0 aliphatic carbocycles. The molecule has 1 aromatic carbocycles. The van der Waals surface area contributed by atoms with Crippen molar-refractivity contribution < 1.29 is 0 Å². The first-order valence-electron chi connectivity index (χ1n) is 4.59. The average molecular weight is 254 g/mol. The molecule has 14 heavy (non-hydrogen) atoms. The van der Waals surface area contributed by atoms with E-state index in [4.69, 9.17) is 0 Å². The molecule has 2 N–H and O–H groups in total. The maximum absolute atomic E-state index is 4.27. The number of para-hydroxylation sites is 1. The normalized spacial score (nSPS) is 11.0. The fourth-order valence-electron chi connectivity index (χ4n) is 1.50. The molecule has 0 saturated heterocycles. The third-order valence-electron chi connectivity index (χ3n) is 2.24. The lowest BCUT2D eigenvalue weighted by molar-refractivity contribution is 0.775. The maximum atomic E-state index is 4.27. The Balaban J connectivity index is 2.42. The van der Waals surface area contributed by atoms with Crippen molar-refractivity contribution in [1.29, 1.82) is 0 Å². The number of aromatic nitrogens is 2. The summed E-state index contributed by atoms with van der Waals surface area (Å²) in [6.07, 6.45) is 0.976. The monoisotopic (exact) mass is 253 g/mol. The van der Waals surface area contributed by atoms with Crippen molar-refractivity contribution in [3.05, 3.63) is 28.4 Å². The van der Waals surface area contributed by atoms with Crippen molar-refractivity contribution >= 4 is 26.8 Å². The summed E-state index contributed by atoms with van der Waals surface area (Å²) >= 11 is 3.48. The van der Waals surface area contributed by atoms with Gasteiger partial charge in [-0.15, -0.1) is 0 Å². The molecule has 74 valence electrons. The van der Waals surface area contributed by atoms with E-state index in [1.807, 2.05) is 19.2 Å². The number of benzene rings is 1. The fraction of sp³-hybridized carbons (Fsp3) is 0.300. The number of hydrogen-bond donors (Lipinski definition) is 2. The van der Waals surface area contributed by atoms with E-state index in [1.54, 1.807) is 0 Å². The second kappa shape index (κ2) is 4.11. The van der Waals surface area contributed by atoms with Crippen LogP contribution in [0, 0.1) is 0 Å². The van der Waals surface area contributed by atoms with Crippen molar-refractivity contribution in [3.63, 3.8) is 0 Å². The SMILES string of the molecule is CNCCc1[nH]nc2c(Br)cccc12. The number of hydrogen-bond acceptors (Lipinski definition) is 2. The molecule has 1 heterocycles. The molecule has 2 rings (SSSR count). The highest BCUT2D eigenvalue weighted by Gasteiger charge is 2.06. The second-order valence-electron chi connectivity index (χ2n) is 3.19. The van der Waals surface area contributed by atoms with Crippen LogP contribution in [0.2, 0.25) is 0 Å². The Bertz CT molecular complexity index is 436. The summed E-state index contributed by atoms with van der Waals surface area (Å²) in [5, 5.41) is 11.7. The quantitative estimate of drug-likeness (QED) is 0.880. The Morgan fingerprint density at radius 3 is 3.14 bits per heavy atom. The van der Waals surface area contributed by atoms with Gasteiger partial charge in [-0.1, -0.05) is 12.1 Å². The largest absolute Gasteiger partial charge is 0.319 e. The predicted octanol–water partition coefficient (Wildman–Crippen LogP) is 2.09. The molecule has 0 spiro atoms. The lowest BCUT2D eigenvalue weighted by atomic mass is 10.2. The van der Waals surface area contributed by atoms with Crippen molar-refractivity contribution in [2.45, 2.75) is 6.42 Å². The van der Waals surface area contributed by atoms with Crippen molar-refractivity contribution in [2.75, 3.05) is 13.6 Å². The van der Waals surface area contributed by atoms with E-state index in [0.717, 1.165) is 23.0 Å². The molecule has 0 radical (unpaired) electrons. The first kappa shape index (κ1) is 9.68. The van der Waals surface area contributed by atoms with Gasteiger partial charge in [-0.3, -0.25) is 5.10 Å². The Morgan fingerprint density at radius 1 is 1.50 bits per heavy atom. The number of nitrogens with one attached hydrogen (secondary N) is 2. The molecule has 0 bridgehead atoms. The molecule has 2 aromatic rings. The van der Waals surface area contributed by atoms with E-state index in [-0.39, 0.29) is 0 Å². The number of likely N-dealkylation sites (N-methyl/N-ethyl adjacent to an activating group) is 1. The zero-order valence-electron chi connectivity index (χ0n) is 7.97. The van der Waals surface area contributed by atoms with E-state index < -0.39 is 0 Å². The Morgan fingerprint density at radius 2 is 2.36 bits per heavy atom. The fourth-order valence-corrected chi connectivity index (χ4v) is 1.95. The summed E-state index contributed by atoms with van der Waals surface area (Å²) < 4.78 is 1.04. The van der Waals surface area contributed by atoms with Gasteiger partial charge < -0.3 is 5.32 Å². The van der Waals surface area contributed by atoms with Gasteiger partial charge in [0.2, 0.25) is 0 Å². The third kappa shape index (κ3) is 1.67. The van der Waals surface area contributed by atoms with E-state index >= 15 is 0 Å². The van der Waals surface area contributed by atoms with Gasteiger partial charge in [0.25, 0.3) is 0 Å². The first-order valence-corrected chi connectivity index (χ1v) is 5.38. The number of aromatic amines is 1. The van der Waals surface area contributed by atoms with Gasteiger partial charge in [0.15, 0.2) is 0 Å². The number of halogens is 1. The lowest BCUT2D eigenvalue weighted by Crippen LogP contribution is -2.10. The molecule has 0 fully saturated rings. The minimum atomic E-state index is 0.962. The van der Waals surface area contributed by atoms with Crippen molar-refractivity contribution in [1.82, 2.24) is 15.5 Å². The van der Waals surface area contributed by atoms with Gasteiger partial charge in [-0.25, -0.2) is 0 Å². The Kier molecular flexibility index (Phi) is 2.84. The highest BCUT2D eigenvalue weighted by molar-refractivity contribution is 9.10. The molecule has 0 atom stereocenters. The van der Waals surface area contributed by atoms with Gasteiger partial charge in [0.05, 0.1) is 0 Å². The Labute approximate surface area is 91.0 Å². The van der Waals surface area contributed by atoms with Gasteiger partial charge >= 0.3 is 0 Å². The lowest BCUT2D eigenvalue weighted by Gasteiger charge is -1.97. The van der Waals surface area contributed by atoms with Crippen LogP contribution in [0.4, 0.5) is 0 Å². The van der Waals surface area contributed by atoms with Crippen LogP contribution >= 0.6 is 15.9 Å². The van der Waals surface area contributed by atoms with E-state index in [9.17, 15) is 0 Å². The van der Waals surface area contributed by atoms with Crippen LogP contribution in [0.1, 0.15) is 5.69 Å². The zero-order chi connectivity index (χ0) is 9.97. The molecule has 0 aliphatic heterocycles. The van der Waals surface area contributed by atoms with Crippen molar-refractivity contribution in [3.8, 4) is 0 Å². The predicted molar refractivity (Wildman–Crippen MR) is 61.4 cm³/mol. The van der Waals surface area contributed by atoms with E-state index in [2.05, 4.69) is 37.5 Å². The molecule has 0 amide bonds. The van der Waals surface area contributed by atoms with Crippen LogP contribution in [0.3, 0.4) is 0 Å². The highest BCUT2D eigenvalue weighted by Crippen LogP contribution is 2.23. The number of H-pyrrole nitrogens is 1. The zero-order valence-corrected chi connectivity index (χ0v) is 9.56. The van der Waals surface area contributed by atoms with Gasteiger partial charge in [-0.05, 0) is 29.0 Å². The highest BCUT2D eigenvalue weighted by atomic mass is 79.9. The number of fused-ring (bicyclic) bond motifs is 1. The van der Waals surface area contributed by atoms with Crippen LogP contribution in [0.5, 0.6) is 0 Å². The standard InChI is InChI=1S/C10H12BrN3/c1-12-6-5-9-7-3-2-4-8(11)10(7)14-13-9/h2-4,12H,5-6H2,1H3,(H,13,14). The van der Waals surface area contributed by atoms with Gasteiger partial charge in [-0.2, -0.15) is 5.10 Å². The summed E-state index contributed by atoms with van der Waals surface area (Å²) in [4.78, 5) is 0. The Hall–Kier alpha value is -0.870. The minimum absolute atomic E-state index is 0.962. The third-order valence-corrected chi connectivity index (χ3v) is 2.88. The summed E-state index contributed by atoms with van der Waals surface area (Å²) in [6, 6.07) is 6.13. The molecular formula is C10H12BrN3. The molecule has 1 aromatic heterocycles. The van der Waals surface area contributed by atoms with Crippen LogP contribution in [0.15, 0.2) is 22.7 Å². The van der Waals surface area contributed by atoms with Crippen LogP contribution in [-0.4, -0.2) is 23.8 Å². The molecule has 4 heteroatoms. The molecule has 0 unspecified atom stereocenters. The number of rotatable bonds is 3. The van der Waals surface area contributed by atoms with E-state index in [0.29, 0.717) is 0 Å². The molecular weight excluding hydrogens is 242 g/mol. The van der Waals surface area contributed by atoms with Crippen LogP contribution in [0.25, 0.3) is 10.9 Å². The summed E-state index contributed by atoms with van der Waals surface area (Å²) in [5.41, 5.74) is 2.20. The molecule has 0 saturated carbocycles. The van der Waals surface area contributed by atoms with Gasteiger partial charge in [0, 0.05) is 28.5 Å². The molecule has 3 nitrogen and oxygen atoms in total. The van der Waals surface area contributed by atoms with Crippen LogP contribution < -0.4 is 5.32 Å². The second-order valence-corrected chi connectivity index (χ2v) is 4.05.